The summed E-state index contributed by atoms with van der Waals surface area (Å²) < 4.78 is 12.9. The summed E-state index contributed by atoms with van der Waals surface area (Å²) in [7, 11) is 0. The lowest BCUT2D eigenvalue weighted by molar-refractivity contribution is 0.171. The quantitative estimate of drug-likeness (QED) is 0.650. The summed E-state index contributed by atoms with van der Waals surface area (Å²) in [5.74, 6) is 1.16. The zero-order chi connectivity index (χ0) is 20.1. The van der Waals surface area contributed by atoms with Crippen LogP contribution >= 0.6 is 11.6 Å². The molecule has 0 aliphatic carbocycles. The highest BCUT2D eigenvalue weighted by atomic mass is 35.5. The lowest BCUT2D eigenvalue weighted by atomic mass is 10.2. The van der Waals surface area contributed by atoms with Gasteiger partial charge in [-0.3, -0.25) is 4.68 Å². The predicted octanol–water partition coefficient (Wildman–Crippen LogP) is 3.36. The van der Waals surface area contributed by atoms with E-state index in [0.29, 0.717) is 49.4 Å². The number of amides is 2. The molecule has 4 rings (SSSR count). The summed E-state index contributed by atoms with van der Waals surface area (Å²) in [6, 6.07) is 13.4. The third-order valence-corrected chi connectivity index (χ3v) is 4.72. The number of hydrogen-bond acceptors (Lipinski definition) is 4. The fraction of sp³-hybridized carbons (Fsp3) is 0.238. The molecule has 29 heavy (non-hydrogen) atoms. The number of carbonyl (C=O) groups is 1. The van der Waals surface area contributed by atoms with Gasteiger partial charge in [0.25, 0.3) is 0 Å². The maximum Gasteiger partial charge on any atom is 0.315 e. The first-order chi connectivity index (χ1) is 14.2. The SMILES string of the molecule is O=C(NCc1cc(Cl)c2c(c1)OCCO2)NCc1cnn(Cc2ccccc2)c1. The minimum absolute atomic E-state index is 0.271. The van der Waals surface area contributed by atoms with Gasteiger partial charge in [-0.1, -0.05) is 41.9 Å². The topological polar surface area (TPSA) is 77.4 Å². The molecule has 3 aromatic rings. The summed E-state index contributed by atoms with van der Waals surface area (Å²) in [6.07, 6.45) is 3.68. The second kappa shape index (κ2) is 8.87. The summed E-state index contributed by atoms with van der Waals surface area (Å²) in [5, 5.41) is 10.5. The number of carbonyl (C=O) groups excluding carboxylic acids is 1. The van der Waals surface area contributed by atoms with Crippen LogP contribution in [0.5, 0.6) is 11.5 Å². The van der Waals surface area contributed by atoms with Crippen molar-refractivity contribution in [2.75, 3.05) is 13.2 Å². The number of rotatable bonds is 6. The van der Waals surface area contributed by atoms with Crippen molar-refractivity contribution in [1.82, 2.24) is 20.4 Å². The van der Waals surface area contributed by atoms with Crippen LogP contribution in [0.2, 0.25) is 5.02 Å². The molecule has 2 amide bonds. The van der Waals surface area contributed by atoms with E-state index in [1.165, 1.54) is 5.56 Å². The lowest BCUT2D eigenvalue weighted by Gasteiger charge is -2.20. The fourth-order valence-electron chi connectivity index (χ4n) is 3.05. The Kier molecular flexibility index (Phi) is 5.86. The van der Waals surface area contributed by atoms with Crippen LogP contribution in [0.4, 0.5) is 4.79 Å². The van der Waals surface area contributed by atoms with Gasteiger partial charge in [0.2, 0.25) is 0 Å². The van der Waals surface area contributed by atoms with Crippen molar-refractivity contribution in [1.29, 1.82) is 0 Å². The van der Waals surface area contributed by atoms with Crippen molar-refractivity contribution in [3.8, 4) is 11.5 Å². The standard InChI is InChI=1S/C21H21ClN4O3/c22-18-8-16(9-19-20(18)29-7-6-28-19)10-23-21(27)24-11-17-12-25-26(14-17)13-15-4-2-1-3-5-15/h1-5,8-9,12,14H,6-7,10-11,13H2,(H2,23,24,27). The molecule has 7 nitrogen and oxygen atoms in total. The molecular weight excluding hydrogens is 392 g/mol. The molecule has 8 heteroatoms. The van der Waals surface area contributed by atoms with E-state index in [4.69, 9.17) is 21.1 Å². The number of ether oxygens (including phenoxy) is 2. The maximum atomic E-state index is 12.1. The average Bonchev–Trinajstić information content (AvgIpc) is 3.19. The molecule has 0 saturated carbocycles. The Morgan fingerprint density at radius 3 is 2.62 bits per heavy atom. The number of urea groups is 1. The third-order valence-electron chi connectivity index (χ3n) is 4.44. The van der Waals surface area contributed by atoms with Crippen molar-refractivity contribution in [2.45, 2.75) is 19.6 Å². The number of fused-ring (bicyclic) bond motifs is 1. The number of nitrogens with one attached hydrogen (secondary N) is 2. The molecule has 0 unspecified atom stereocenters. The molecule has 0 fully saturated rings. The molecule has 0 spiro atoms. The second-order valence-corrected chi connectivity index (χ2v) is 7.08. The molecular formula is C21H21ClN4O3. The van der Waals surface area contributed by atoms with Crippen molar-refractivity contribution in [2.24, 2.45) is 0 Å². The van der Waals surface area contributed by atoms with E-state index in [-0.39, 0.29) is 6.03 Å². The number of hydrogen-bond donors (Lipinski definition) is 2. The van der Waals surface area contributed by atoms with Gasteiger partial charge in [-0.15, -0.1) is 0 Å². The molecule has 2 aromatic carbocycles. The monoisotopic (exact) mass is 412 g/mol. The van der Waals surface area contributed by atoms with Crippen LogP contribution in [0.1, 0.15) is 16.7 Å². The van der Waals surface area contributed by atoms with Gasteiger partial charge >= 0.3 is 6.03 Å². The smallest absolute Gasteiger partial charge is 0.315 e. The maximum absolute atomic E-state index is 12.1. The number of halogens is 1. The van der Waals surface area contributed by atoms with E-state index in [9.17, 15) is 4.79 Å². The molecule has 150 valence electrons. The minimum Gasteiger partial charge on any atom is -0.486 e. The summed E-state index contributed by atoms with van der Waals surface area (Å²) in [4.78, 5) is 12.1. The first kappa shape index (κ1) is 19.1. The third kappa shape index (κ3) is 5.00. The van der Waals surface area contributed by atoms with E-state index in [1.54, 1.807) is 12.3 Å². The molecule has 0 bridgehead atoms. The van der Waals surface area contributed by atoms with E-state index in [2.05, 4.69) is 27.9 Å². The Balaban J connectivity index is 1.26. The van der Waals surface area contributed by atoms with Crippen LogP contribution in [0.15, 0.2) is 54.9 Å². The van der Waals surface area contributed by atoms with Gasteiger partial charge in [-0.05, 0) is 23.3 Å². The van der Waals surface area contributed by atoms with Crippen molar-refractivity contribution in [3.05, 3.63) is 76.6 Å². The summed E-state index contributed by atoms with van der Waals surface area (Å²) in [5.41, 5.74) is 2.94. The van der Waals surface area contributed by atoms with Crippen molar-refractivity contribution >= 4 is 17.6 Å². The van der Waals surface area contributed by atoms with Crippen LogP contribution in [0.25, 0.3) is 0 Å². The first-order valence-electron chi connectivity index (χ1n) is 9.32. The van der Waals surface area contributed by atoms with Gasteiger partial charge in [0.05, 0.1) is 17.8 Å². The van der Waals surface area contributed by atoms with E-state index in [1.807, 2.05) is 35.1 Å². The fourth-order valence-corrected chi connectivity index (χ4v) is 3.34. The number of nitrogens with zero attached hydrogens (tertiary/aromatic N) is 2. The normalized spacial score (nSPS) is 12.4. The highest BCUT2D eigenvalue weighted by Gasteiger charge is 2.16. The Hall–Kier alpha value is -3.19. The van der Waals surface area contributed by atoms with Crippen LogP contribution < -0.4 is 20.1 Å². The van der Waals surface area contributed by atoms with Crippen LogP contribution in [-0.4, -0.2) is 29.0 Å². The Morgan fingerprint density at radius 1 is 1.03 bits per heavy atom. The van der Waals surface area contributed by atoms with E-state index >= 15 is 0 Å². The van der Waals surface area contributed by atoms with E-state index in [0.717, 1.165) is 11.1 Å². The van der Waals surface area contributed by atoms with Gasteiger partial charge in [0, 0.05) is 24.8 Å². The highest BCUT2D eigenvalue weighted by Crippen LogP contribution is 2.38. The average molecular weight is 413 g/mol. The molecule has 0 radical (unpaired) electrons. The van der Waals surface area contributed by atoms with Gasteiger partial charge in [0.1, 0.15) is 13.2 Å². The summed E-state index contributed by atoms with van der Waals surface area (Å²) in [6.45, 7) is 2.38. The van der Waals surface area contributed by atoms with Crippen molar-refractivity contribution < 1.29 is 14.3 Å². The molecule has 0 atom stereocenters. The van der Waals surface area contributed by atoms with Gasteiger partial charge in [0.15, 0.2) is 11.5 Å². The summed E-state index contributed by atoms with van der Waals surface area (Å²) >= 11 is 6.22. The molecule has 2 heterocycles. The molecule has 1 aliphatic rings. The molecule has 1 aliphatic heterocycles. The van der Waals surface area contributed by atoms with Crippen LogP contribution in [0, 0.1) is 0 Å². The Morgan fingerprint density at radius 2 is 1.79 bits per heavy atom. The second-order valence-electron chi connectivity index (χ2n) is 6.67. The number of aromatic nitrogens is 2. The van der Waals surface area contributed by atoms with Crippen molar-refractivity contribution in [3.63, 3.8) is 0 Å². The Labute approximate surface area is 173 Å². The zero-order valence-electron chi connectivity index (χ0n) is 15.7. The molecule has 1 aromatic heterocycles. The zero-order valence-corrected chi connectivity index (χ0v) is 16.5. The number of benzene rings is 2. The minimum atomic E-state index is -0.271. The highest BCUT2D eigenvalue weighted by molar-refractivity contribution is 6.32. The van der Waals surface area contributed by atoms with E-state index < -0.39 is 0 Å². The first-order valence-corrected chi connectivity index (χ1v) is 9.70. The van der Waals surface area contributed by atoms with Gasteiger partial charge < -0.3 is 20.1 Å². The van der Waals surface area contributed by atoms with Crippen LogP contribution in [-0.2, 0) is 19.6 Å². The van der Waals surface area contributed by atoms with Gasteiger partial charge in [-0.2, -0.15) is 5.10 Å². The van der Waals surface area contributed by atoms with Gasteiger partial charge in [-0.25, -0.2) is 4.79 Å². The molecule has 0 saturated heterocycles. The Bertz CT molecular complexity index is 991. The predicted molar refractivity (Wildman–Crippen MR) is 109 cm³/mol. The van der Waals surface area contributed by atoms with Crippen LogP contribution in [0.3, 0.4) is 0 Å². The largest absolute Gasteiger partial charge is 0.486 e. The molecule has 2 N–H and O–H groups in total. The lowest BCUT2D eigenvalue weighted by Crippen LogP contribution is -2.34.